The summed E-state index contributed by atoms with van der Waals surface area (Å²) in [7, 11) is 0. The van der Waals surface area contributed by atoms with Gasteiger partial charge >= 0.3 is 0 Å². The molecule has 0 saturated heterocycles. The molecular weight excluding hydrogens is 326 g/mol. The van der Waals surface area contributed by atoms with Gasteiger partial charge in [0, 0.05) is 15.9 Å². The second kappa shape index (κ2) is 6.22. The number of aryl methyl sites for hydroxylation is 1. The minimum Gasteiger partial charge on any atom is -0.321 e. The predicted molar refractivity (Wildman–Crippen MR) is 82.8 cm³/mol. The Kier molecular flexibility index (Phi) is 4.61. The lowest BCUT2D eigenvalue weighted by Crippen LogP contribution is -2.12. The number of anilines is 1. The van der Waals surface area contributed by atoms with Gasteiger partial charge in [0.05, 0.1) is 5.69 Å². The summed E-state index contributed by atoms with van der Waals surface area (Å²) in [6, 6.07) is 13.0. The van der Waals surface area contributed by atoms with Crippen molar-refractivity contribution in [2.24, 2.45) is 0 Å². The number of rotatable bonds is 3. The van der Waals surface area contributed by atoms with Crippen molar-refractivity contribution >= 4 is 39.1 Å². The number of alkyl halides is 1. The average molecular weight is 339 g/mol. The number of carbonyl (C=O) groups excluding carboxylic acids is 1. The standard InChI is InChI=1S/C15H13BrClNO/c1-10-4-2-7-13(14(10)16)18-15(19)12-6-3-5-11(8-12)9-17/h2-8H,9H2,1H3,(H,18,19). The van der Waals surface area contributed by atoms with E-state index in [4.69, 9.17) is 11.6 Å². The fourth-order valence-corrected chi connectivity index (χ4v) is 2.26. The molecule has 0 aliphatic heterocycles. The van der Waals surface area contributed by atoms with Gasteiger partial charge in [0.1, 0.15) is 0 Å². The Labute approximate surface area is 125 Å². The number of amides is 1. The second-order valence-electron chi connectivity index (χ2n) is 4.22. The summed E-state index contributed by atoms with van der Waals surface area (Å²) in [5, 5.41) is 2.89. The Morgan fingerprint density at radius 2 is 2.00 bits per heavy atom. The number of carbonyl (C=O) groups is 1. The van der Waals surface area contributed by atoms with Crippen molar-refractivity contribution in [1.82, 2.24) is 0 Å². The maximum Gasteiger partial charge on any atom is 0.255 e. The maximum absolute atomic E-state index is 12.2. The summed E-state index contributed by atoms with van der Waals surface area (Å²) >= 11 is 9.24. The second-order valence-corrected chi connectivity index (χ2v) is 5.28. The molecule has 2 aromatic rings. The van der Waals surface area contributed by atoms with Crippen molar-refractivity contribution in [3.05, 3.63) is 63.6 Å². The summed E-state index contributed by atoms with van der Waals surface area (Å²) in [6.45, 7) is 1.98. The van der Waals surface area contributed by atoms with Crippen LogP contribution in [0.2, 0.25) is 0 Å². The molecule has 0 aliphatic carbocycles. The first-order chi connectivity index (χ1) is 9.11. The number of nitrogens with one attached hydrogen (secondary N) is 1. The summed E-state index contributed by atoms with van der Waals surface area (Å²) < 4.78 is 0.900. The molecule has 0 heterocycles. The van der Waals surface area contributed by atoms with E-state index in [9.17, 15) is 4.79 Å². The van der Waals surface area contributed by atoms with Gasteiger partial charge in [-0.3, -0.25) is 4.79 Å². The molecule has 0 bridgehead atoms. The molecule has 4 heteroatoms. The van der Waals surface area contributed by atoms with Crippen LogP contribution in [0.1, 0.15) is 21.5 Å². The minimum atomic E-state index is -0.140. The highest BCUT2D eigenvalue weighted by Crippen LogP contribution is 2.26. The third-order valence-corrected chi connectivity index (χ3v) is 4.14. The van der Waals surface area contributed by atoms with E-state index in [1.165, 1.54) is 0 Å². The Balaban J connectivity index is 2.23. The van der Waals surface area contributed by atoms with Gasteiger partial charge < -0.3 is 5.32 Å². The SMILES string of the molecule is Cc1cccc(NC(=O)c2cccc(CCl)c2)c1Br. The molecule has 98 valence electrons. The van der Waals surface area contributed by atoms with E-state index in [-0.39, 0.29) is 5.91 Å². The van der Waals surface area contributed by atoms with E-state index in [1.807, 2.05) is 37.3 Å². The molecule has 1 N–H and O–H groups in total. The average Bonchev–Trinajstić information content (AvgIpc) is 2.44. The lowest BCUT2D eigenvalue weighted by Gasteiger charge is -2.09. The van der Waals surface area contributed by atoms with Gasteiger partial charge in [-0.15, -0.1) is 11.6 Å². The zero-order valence-electron chi connectivity index (χ0n) is 10.4. The molecule has 0 aromatic heterocycles. The van der Waals surface area contributed by atoms with Gasteiger partial charge in [-0.05, 0) is 52.2 Å². The highest BCUT2D eigenvalue weighted by Gasteiger charge is 2.09. The van der Waals surface area contributed by atoms with E-state index in [0.717, 1.165) is 21.3 Å². The molecule has 0 aliphatic rings. The van der Waals surface area contributed by atoms with E-state index >= 15 is 0 Å². The summed E-state index contributed by atoms with van der Waals surface area (Å²) in [5.41, 5.74) is 3.37. The van der Waals surface area contributed by atoms with Crippen molar-refractivity contribution < 1.29 is 4.79 Å². The molecule has 2 rings (SSSR count). The molecule has 0 spiro atoms. The Bertz CT molecular complexity index is 613. The summed E-state index contributed by atoms with van der Waals surface area (Å²) in [4.78, 5) is 12.2. The van der Waals surface area contributed by atoms with E-state index in [1.54, 1.807) is 12.1 Å². The van der Waals surface area contributed by atoms with Crippen LogP contribution in [0.4, 0.5) is 5.69 Å². The van der Waals surface area contributed by atoms with E-state index in [2.05, 4.69) is 21.2 Å². The number of halogens is 2. The molecule has 1 amide bonds. The molecule has 0 atom stereocenters. The van der Waals surface area contributed by atoms with E-state index in [0.29, 0.717) is 11.4 Å². The highest BCUT2D eigenvalue weighted by atomic mass is 79.9. The fourth-order valence-electron chi connectivity index (χ4n) is 1.73. The molecule has 0 radical (unpaired) electrons. The van der Waals surface area contributed by atoms with Crippen LogP contribution in [0.15, 0.2) is 46.9 Å². The van der Waals surface area contributed by atoms with E-state index < -0.39 is 0 Å². The lowest BCUT2D eigenvalue weighted by atomic mass is 10.1. The quantitative estimate of drug-likeness (QED) is 0.804. The molecule has 0 fully saturated rings. The third-order valence-electron chi connectivity index (χ3n) is 2.78. The highest BCUT2D eigenvalue weighted by molar-refractivity contribution is 9.10. The van der Waals surface area contributed by atoms with Crippen molar-refractivity contribution in [2.75, 3.05) is 5.32 Å². The van der Waals surface area contributed by atoms with Crippen LogP contribution in [-0.4, -0.2) is 5.91 Å². The Hall–Kier alpha value is -1.32. The van der Waals surface area contributed by atoms with Crippen LogP contribution in [0.3, 0.4) is 0 Å². The monoisotopic (exact) mass is 337 g/mol. The van der Waals surface area contributed by atoms with Gasteiger partial charge in [0.15, 0.2) is 0 Å². The molecule has 2 aromatic carbocycles. The van der Waals surface area contributed by atoms with Gasteiger partial charge in [-0.1, -0.05) is 24.3 Å². The first kappa shape index (κ1) is 14.1. The topological polar surface area (TPSA) is 29.1 Å². The van der Waals surface area contributed by atoms with Crippen molar-refractivity contribution in [1.29, 1.82) is 0 Å². The van der Waals surface area contributed by atoms with Crippen molar-refractivity contribution in [3.8, 4) is 0 Å². The maximum atomic E-state index is 12.2. The molecular formula is C15H13BrClNO. The largest absolute Gasteiger partial charge is 0.321 e. The zero-order valence-corrected chi connectivity index (χ0v) is 12.8. The smallest absolute Gasteiger partial charge is 0.255 e. The lowest BCUT2D eigenvalue weighted by molar-refractivity contribution is 0.102. The van der Waals surface area contributed by atoms with Crippen LogP contribution >= 0.6 is 27.5 Å². The first-order valence-electron chi connectivity index (χ1n) is 5.83. The van der Waals surface area contributed by atoms with Crippen LogP contribution in [0.25, 0.3) is 0 Å². The van der Waals surface area contributed by atoms with Crippen LogP contribution < -0.4 is 5.32 Å². The number of benzene rings is 2. The normalized spacial score (nSPS) is 10.3. The van der Waals surface area contributed by atoms with Crippen molar-refractivity contribution in [3.63, 3.8) is 0 Å². The van der Waals surface area contributed by atoms with Crippen LogP contribution in [-0.2, 0) is 5.88 Å². The van der Waals surface area contributed by atoms with Gasteiger partial charge in [-0.2, -0.15) is 0 Å². The minimum absolute atomic E-state index is 0.140. The van der Waals surface area contributed by atoms with Crippen LogP contribution in [0.5, 0.6) is 0 Å². The first-order valence-corrected chi connectivity index (χ1v) is 7.16. The molecule has 19 heavy (non-hydrogen) atoms. The summed E-state index contributed by atoms with van der Waals surface area (Å²) in [5.74, 6) is 0.258. The van der Waals surface area contributed by atoms with Crippen molar-refractivity contribution in [2.45, 2.75) is 12.8 Å². The summed E-state index contributed by atoms with van der Waals surface area (Å²) in [6.07, 6.45) is 0. The molecule has 2 nitrogen and oxygen atoms in total. The zero-order chi connectivity index (χ0) is 13.8. The number of hydrogen-bond acceptors (Lipinski definition) is 1. The number of hydrogen-bond donors (Lipinski definition) is 1. The third kappa shape index (κ3) is 3.37. The Morgan fingerprint density at radius 3 is 2.74 bits per heavy atom. The van der Waals surface area contributed by atoms with Gasteiger partial charge in [-0.25, -0.2) is 0 Å². The van der Waals surface area contributed by atoms with Gasteiger partial charge in [0.25, 0.3) is 5.91 Å². The molecule has 0 unspecified atom stereocenters. The Morgan fingerprint density at radius 1 is 1.26 bits per heavy atom. The predicted octanol–water partition coefficient (Wildman–Crippen LogP) is 4.75. The molecule has 0 saturated carbocycles. The fraction of sp³-hybridized carbons (Fsp3) is 0.133. The van der Waals surface area contributed by atoms with Crippen LogP contribution in [0, 0.1) is 6.92 Å². The van der Waals surface area contributed by atoms with Gasteiger partial charge in [0.2, 0.25) is 0 Å².